The summed E-state index contributed by atoms with van der Waals surface area (Å²) in [6, 6.07) is 13.3. The Bertz CT molecular complexity index is 952. The van der Waals surface area contributed by atoms with Crippen LogP contribution in [0.2, 0.25) is 5.02 Å². The van der Waals surface area contributed by atoms with Crippen molar-refractivity contribution in [2.75, 3.05) is 18.4 Å². The number of amides is 1. The Hall–Kier alpha value is -2.35. The van der Waals surface area contributed by atoms with Gasteiger partial charge in [-0.25, -0.2) is 8.42 Å². The van der Waals surface area contributed by atoms with Gasteiger partial charge in [-0.1, -0.05) is 24.2 Å². The molecule has 0 saturated carbocycles. The van der Waals surface area contributed by atoms with Crippen LogP contribution in [0.1, 0.15) is 12.8 Å². The third kappa shape index (κ3) is 4.92. The van der Waals surface area contributed by atoms with Gasteiger partial charge in [-0.15, -0.1) is 0 Å². The number of nitrogens with one attached hydrogen (secondary N) is 1. The van der Waals surface area contributed by atoms with Crippen molar-refractivity contribution in [3.05, 3.63) is 66.2 Å². The van der Waals surface area contributed by atoms with E-state index in [2.05, 4.69) is 11.9 Å². The molecule has 28 heavy (non-hydrogen) atoms. The molecule has 3 rings (SSSR count). The van der Waals surface area contributed by atoms with Gasteiger partial charge in [0.2, 0.25) is 15.9 Å². The number of piperidine rings is 1. The van der Waals surface area contributed by atoms with Gasteiger partial charge in [-0.3, -0.25) is 4.79 Å². The van der Waals surface area contributed by atoms with Gasteiger partial charge in [0.25, 0.3) is 0 Å². The van der Waals surface area contributed by atoms with Crippen LogP contribution in [-0.2, 0) is 14.8 Å². The Morgan fingerprint density at radius 1 is 1.18 bits per heavy atom. The van der Waals surface area contributed by atoms with Crippen molar-refractivity contribution in [2.45, 2.75) is 23.8 Å². The molecule has 1 saturated heterocycles. The van der Waals surface area contributed by atoms with Crippen molar-refractivity contribution in [2.24, 2.45) is 0 Å². The first-order valence-corrected chi connectivity index (χ1v) is 10.7. The average Bonchev–Trinajstić information content (AvgIpc) is 2.69. The lowest BCUT2D eigenvalue weighted by Crippen LogP contribution is -2.41. The molecular weight excluding hydrogens is 400 g/mol. The van der Waals surface area contributed by atoms with E-state index >= 15 is 0 Å². The van der Waals surface area contributed by atoms with Crippen molar-refractivity contribution < 1.29 is 17.9 Å². The minimum absolute atomic E-state index is 0.0543. The van der Waals surface area contributed by atoms with E-state index in [4.69, 9.17) is 16.3 Å². The molecule has 8 heteroatoms. The molecule has 1 fully saturated rings. The predicted molar refractivity (Wildman–Crippen MR) is 109 cm³/mol. The van der Waals surface area contributed by atoms with Crippen LogP contribution in [-0.4, -0.2) is 37.8 Å². The number of carbonyl (C=O) groups excluding carboxylic acids is 1. The number of hydrogen-bond donors (Lipinski definition) is 1. The molecule has 0 spiro atoms. The highest BCUT2D eigenvalue weighted by Crippen LogP contribution is 2.25. The molecule has 6 nitrogen and oxygen atoms in total. The number of nitrogens with zero attached hydrogens (tertiary/aromatic N) is 1. The number of ether oxygens (including phenoxy) is 1. The average molecular weight is 421 g/mol. The molecule has 1 amide bonds. The molecule has 0 aliphatic carbocycles. The Balaban J connectivity index is 1.61. The molecule has 1 heterocycles. The summed E-state index contributed by atoms with van der Waals surface area (Å²) < 4.78 is 33.1. The summed E-state index contributed by atoms with van der Waals surface area (Å²) in [4.78, 5) is 11.5. The summed E-state index contributed by atoms with van der Waals surface area (Å²) in [5.74, 6) is 0.336. The summed E-state index contributed by atoms with van der Waals surface area (Å²) >= 11 is 5.96. The van der Waals surface area contributed by atoms with Gasteiger partial charge in [0, 0.05) is 23.8 Å². The summed E-state index contributed by atoms with van der Waals surface area (Å²) in [6.07, 6.45) is 2.29. The van der Waals surface area contributed by atoms with Gasteiger partial charge in [-0.05, 0) is 61.4 Å². The molecular formula is C20H21ClN2O4S. The van der Waals surface area contributed by atoms with Gasteiger partial charge >= 0.3 is 0 Å². The summed E-state index contributed by atoms with van der Waals surface area (Å²) in [6.45, 7) is 4.14. The molecule has 0 atom stereocenters. The fourth-order valence-electron chi connectivity index (χ4n) is 2.98. The van der Waals surface area contributed by atoms with Gasteiger partial charge in [0.1, 0.15) is 11.9 Å². The topological polar surface area (TPSA) is 75.7 Å². The van der Waals surface area contributed by atoms with E-state index in [1.54, 1.807) is 24.3 Å². The highest BCUT2D eigenvalue weighted by atomic mass is 35.5. The number of rotatable bonds is 6. The Morgan fingerprint density at radius 2 is 1.86 bits per heavy atom. The largest absolute Gasteiger partial charge is 0.490 e. The zero-order valence-electron chi connectivity index (χ0n) is 15.2. The number of halogens is 1. The summed E-state index contributed by atoms with van der Waals surface area (Å²) in [5.41, 5.74) is 0.512. The second kappa shape index (κ2) is 8.77. The quantitative estimate of drug-likeness (QED) is 0.723. The first kappa shape index (κ1) is 20.4. The predicted octanol–water partition coefficient (Wildman–Crippen LogP) is 3.70. The number of hydrogen-bond acceptors (Lipinski definition) is 4. The van der Waals surface area contributed by atoms with Crippen molar-refractivity contribution >= 4 is 33.2 Å². The fraction of sp³-hybridized carbons (Fsp3) is 0.250. The SMILES string of the molecule is C=CC(=O)Nc1ccc(S(=O)(=O)N2CCC(Oc3cccc(Cl)c3)CC2)cc1. The van der Waals surface area contributed by atoms with Gasteiger partial charge in [-0.2, -0.15) is 4.31 Å². The molecule has 2 aromatic rings. The molecule has 0 radical (unpaired) electrons. The van der Waals surface area contributed by atoms with E-state index < -0.39 is 10.0 Å². The molecule has 0 aromatic heterocycles. The highest BCUT2D eigenvalue weighted by Gasteiger charge is 2.30. The first-order valence-electron chi connectivity index (χ1n) is 8.84. The van der Waals surface area contributed by atoms with Crippen LogP contribution in [0.4, 0.5) is 5.69 Å². The third-order valence-corrected chi connectivity index (χ3v) is 6.59. The lowest BCUT2D eigenvalue weighted by molar-refractivity contribution is -0.111. The van der Waals surface area contributed by atoms with Crippen LogP contribution in [0.5, 0.6) is 5.75 Å². The maximum atomic E-state index is 12.9. The summed E-state index contributed by atoms with van der Waals surface area (Å²) in [7, 11) is -3.59. The lowest BCUT2D eigenvalue weighted by atomic mass is 10.1. The number of benzene rings is 2. The van der Waals surface area contributed by atoms with E-state index in [0.29, 0.717) is 42.4 Å². The van der Waals surface area contributed by atoms with Crippen molar-refractivity contribution in [1.82, 2.24) is 4.31 Å². The van der Waals surface area contributed by atoms with Gasteiger partial charge in [0.15, 0.2) is 0 Å². The molecule has 1 aliphatic rings. The van der Waals surface area contributed by atoms with E-state index in [-0.39, 0.29) is 16.9 Å². The van der Waals surface area contributed by atoms with E-state index in [1.165, 1.54) is 16.4 Å². The van der Waals surface area contributed by atoms with Crippen LogP contribution in [0.25, 0.3) is 0 Å². The second-order valence-corrected chi connectivity index (χ2v) is 8.77. The first-order chi connectivity index (χ1) is 13.4. The van der Waals surface area contributed by atoms with Crippen molar-refractivity contribution in [3.63, 3.8) is 0 Å². The molecule has 1 N–H and O–H groups in total. The Labute approximate surface area is 169 Å². The normalized spacial score (nSPS) is 15.8. The third-order valence-electron chi connectivity index (χ3n) is 4.44. The maximum absolute atomic E-state index is 12.9. The van der Waals surface area contributed by atoms with Crippen LogP contribution in [0.3, 0.4) is 0 Å². The molecule has 0 unspecified atom stereocenters. The van der Waals surface area contributed by atoms with Crippen molar-refractivity contribution in [1.29, 1.82) is 0 Å². The molecule has 148 valence electrons. The van der Waals surface area contributed by atoms with Crippen molar-refractivity contribution in [3.8, 4) is 5.75 Å². The van der Waals surface area contributed by atoms with Gasteiger partial charge in [0.05, 0.1) is 4.90 Å². The van der Waals surface area contributed by atoms with Gasteiger partial charge < -0.3 is 10.1 Å². The fourth-order valence-corrected chi connectivity index (χ4v) is 4.63. The monoisotopic (exact) mass is 420 g/mol. The Kier molecular flexibility index (Phi) is 6.39. The van der Waals surface area contributed by atoms with E-state index in [0.717, 1.165) is 6.08 Å². The van der Waals surface area contributed by atoms with Crippen LogP contribution < -0.4 is 10.1 Å². The standard InChI is InChI=1S/C20H21ClN2O4S/c1-2-20(24)22-16-6-8-19(9-7-16)28(25,26)23-12-10-17(11-13-23)27-18-5-3-4-15(21)14-18/h2-9,14,17H,1,10-13H2,(H,22,24). The lowest BCUT2D eigenvalue weighted by Gasteiger charge is -2.31. The van der Waals surface area contributed by atoms with E-state index in [1.807, 2.05) is 12.1 Å². The molecule has 0 bridgehead atoms. The minimum Gasteiger partial charge on any atom is -0.490 e. The smallest absolute Gasteiger partial charge is 0.247 e. The van der Waals surface area contributed by atoms with E-state index in [9.17, 15) is 13.2 Å². The molecule has 1 aliphatic heterocycles. The Morgan fingerprint density at radius 3 is 2.46 bits per heavy atom. The maximum Gasteiger partial charge on any atom is 0.247 e. The number of anilines is 1. The number of sulfonamides is 1. The highest BCUT2D eigenvalue weighted by molar-refractivity contribution is 7.89. The van der Waals surface area contributed by atoms with Crippen LogP contribution >= 0.6 is 11.6 Å². The van der Waals surface area contributed by atoms with Crippen LogP contribution in [0, 0.1) is 0 Å². The minimum atomic E-state index is -3.59. The number of carbonyl (C=O) groups is 1. The zero-order chi connectivity index (χ0) is 20.1. The molecule has 2 aromatic carbocycles. The summed E-state index contributed by atoms with van der Waals surface area (Å²) in [5, 5.41) is 3.19. The second-order valence-electron chi connectivity index (χ2n) is 6.40. The van der Waals surface area contributed by atoms with Crippen LogP contribution in [0.15, 0.2) is 66.1 Å². The zero-order valence-corrected chi connectivity index (χ0v) is 16.7.